The Balaban J connectivity index is 2.22. The molecular formula is C14H21NO3S. The first-order valence-electron chi connectivity index (χ1n) is 6.67. The summed E-state index contributed by atoms with van der Waals surface area (Å²) in [6.07, 6.45) is 4.30. The highest BCUT2D eigenvalue weighted by atomic mass is 32.2. The van der Waals surface area contributed by atoms with Crippen molar-refractivity contribution in [1.29, 1.82) is 0 Å². The van der Waals surface area contributed by atoms with E-state index in [1.165, 1.54) is 19.1 Å². The zero-order chi connectivity index (χ0) is 13.9. The summed E-state index contributed by atoms with van der Waals surface area (Å²) >= 11 is 0. The van der Waals surface area contributed by atoms with Gasteiger partial charge < -0.3 is 5.11 Å². The number of sulfone groups is 1. The highest BCUT2D eigenvalue weighted by Gasteiger charge is 2.23. The smallest absolute Gasteiger partial charge is 0.175 e. The van der Waals surface area contributed by atoms with E-state index in [0.717, 1.165) is 18.7 Å². The van der Waals surface area contributed by atoms with Crippen LogP contribution < -0.4 is 0 Å². The van der Waals surface area contributed by atoms with Gasteiger partial charge in [0.15, 0.2) is 9.84 Å². The Hall–Kier alpha value is -0.910. The molecule has 1 atom stereocenters. The van der Waals surface area contributed by atoms with Gasteiger partial charge in [0, 0.05) is 18.9 Å². The maximum atomic E-state index is 11.4. The number of benzene rings is 1. The van der Waals surface area contributed by atoms with Crippen molar-refractivity contribution in [3.8, 4) is 0 Å². The van der Waals surface area contributed by atoms with E-state index in [9.17, 15) is 13.5 Å². The molecule has 1 aliphatic rings. The molecule has 1 N–H and O–H groups in total. The van der Waals surface area contributed by atoms with E-state index >= 15 is 0 Å². The Morgan fingerprint density at radius 3 is 2.26 bits per heavy atom. The van der Waals surface area contributed by atoms with Crippen LogP contribution in [0.1, 0.15) is 30.9 Å². The van der Waals surface area contributed by atoms with E-state index in [0.29, 0.717) is 11.3 Å². The average molecular weight is 283 g/mol. The van der Waals surface area contributed by atoms with Crippen LogP contribution in [0.15, 0.2) is 29.2 Å². The maximum absolute atomic E-state index is 11.4. The van der Waals surface area contributed by atoms with Crippen LogP contribution in [0.25, 0.3) is 0 Å². The molecule has 1 saturated heterocycles. The number of likely N-dealkylation sites (tertiary alicyclic amines) is 1. The Labute approximate surface area is 115 Å². The zero-order valence-electron chi connectivity index (χ0n) is 11.2. The lowest BCUT2D eigenvalue weighted by atomic mass is 10.0. The summed E-state index contributed by atoms with van der Waals surface area (Å²) in [6, 6.07) is 7.25. The van der Waals surface area contributed by atoms with Gasteiger partial charge in [-0.15, -0.1) is 0 Å². The Morgan fingerprint density at radius 2 is 1.79 bits per heavy atom. The second kappa shape index (κ2) is 6.03. The van der Waals surface area contributed by atoms with E-state index in [-0.39, 0.29) is 12.6 Å². The normalized spacial score (nSPS) is 18.6. The zero-order valence-corrected chi connectivity index (χ0v) is 12.1. The molecule has 106 valence electrons. The molecule has 0 amide bonds. The first kappa shape index (κ1) is 14.5. The fourth-order valence-corrected chi connectivity index (χ4v) is 3.30. The van der Waals surface area contributed by atoms with Crippen molar-refractivity contribution < 1.29 is 13.5 Å². The highest BCUT2D eigenvalue weighted by molar-refractivity contribution is 7.90. The summed E-state index contributed by atoms with van der Waals surface area (Å²) < 4.78 is 22.9. The lowest BCUT2D eigenvalue weighted by Crippen LogP contribution is -2.26. The number of hydrogen-bond donors (Lipinski definition) is 1. The van der Waals surface area contributed by atoms with Gasteiger partial charge >= 0.3 is 0 Å². The second-order valence-corrected chi connectivity index (χ2v) is 7.13. The minimum Gasteiger partial charge on any atom is -0.396 e. The summed E-state index contributed by atoms with van der Waals surface area (Å²) in [4.78, 5) is 2.71. The van der Waals surface area contributed by atoms with E-state index in [1.54, 1.807) is 12.1 Å². The lowest BCUT2D eigenvalue weighted by molar-refractivity contribution is 0.185. The van der Waals surface area contributed by atoms with Gasteiger partial charge in [0.1, 0.15) is 0 Å². The summed E-state index contributed by atoms with van der Waals surface area (Å²) in [5, 5.41) is 9.22. The van der Waals surface area contributed by atoms with Crippen molar-refractivity contribution in [2.24, 2.45) is 0 Å². The highest BCUT2D eigenvalue weighted by Crippen LogP contribution is 2.28. The fourth-order valence-electron chi connectivity index (χ4n) is 2.67. The van der Waals surface area contributed by atoms with Gasteiger partial charge in [0.05, 0.1) is 4.90 Å². The van der Waals surface area contributed by atoms with Gasteiger partial charge in [-0.25, -0.2) is 8.42 Å². The molecule has 19 heavy (non-hydrogen) atoms. The largest absolute Gasteiger partial charge is 0.396 e. The third-order valence-electron chi connectivity index (χ3n) is 3.68. The number of rotatable bonds is 5. The predicted molar refractivity (Wildman–Crippen MR) is 74.8 cm³/mol. The molecule has 0 aliphatic carbocycles. The summed E-state index contributed by atoms with van der Waals surface area (Å²) in [5.74, 6) is 0. The van der Waals surface area contributed by atoms with Crippen LogP contribution in [0, 0.1) is 0 Å². The lowest BCUT2D eigenvalue weighted by Gasteiger charge is -2.27. The quantitative estimate of drug-likeness (QED) is 0.892. The van der Waals surface area contributed by atoms with Gasteiger partial charge in [-0.05, 0) is 50.0 Å². The minimum absolute atomic E-state index is 0.148. The summed E-state index contributed by atoms with van der Waals surface area (Å²) in [6.45, 7) is 2.26. The molecule has 0 aromatic heterocycles. The Kier molecular flexibility index (Phi) is 4.60. The Morgan fingerprint density at radius 1 is 1.21 bits per heavy atom. The average Bonchev–Trinajstić information content (AvgIpc) is 2.89. The van der Waals surface area contributed by atoms with E-state index in [2.05, 4.69) is 4.90 Å². The van der Waals surface area contributed by atoms with Crippen LogP contribution in [-0.4, -0.2) is 44.4 Å². The molecule has 1 heterocycles. The number of aliphatic hydroxyl groups is 1. The molecule has 1 aromatic rings. The number of hydrogen-bond acceptors (Lipinski definition) is 4. The van der Waals surface area contributed by atoms with Crippen molar-refractivity contribution in [3.05, 3.63) is 29.8 Å². The first-order valence-corrected chi connectivity index (χ1v) is 8.56. The number of nitrogens with zero attached hydrogens (tertiary/aromatic N) is 1. The number of aliphatic hydroxyl groups excluding tert-OH is 1. The SMILES string of the molecule is CS(=O)(=O)c1ccc(C(CCO)N2CCCC2)cc1. The fraction of sp³-hybridized carbons (Fsp3) is 0.571. The van der Waals surface area contributed by atoms with Crippen LogP contribution in [0.3, 0.4) is 0 Å². The van der Waals surface area contributed by atoms with Crippen LogP contribution in [0.5, 0.6) is 0 Å². The van der Waals surface area contributed by atoms with E-state index in [4.69, 9.17) is 0 Å². The third-order valence-corrected chi connectivity index (χ3v) is 4.81. The molecular weight excluding hydrogens is 262 g/mol. The molecule has 0 radical (unpaired) electrons. The standard InChI is InChI=1S/C14H21NO3S/c1-19(17,18)13-6-4-12(5-7-13)14(8-11-16)15-9-2-3-10-15/h4-7,14,16H,2-3,8-11H2,1H3. The van der Waals surface area contributed by atoms with Crippen LogP contribution in [0.2, 0.25) is 0 Å². The van der Waals surface area contributed by atoms with Crippen LogP contribution in [0.4, 0.5) is 0 Å². The minimum atomic E-state index is -3.14. The third kappa shape index (κ3) is 3.55. The molecule has 2 rings (SSSR count). The predicted octanol–water partition coefficient (Wildman–Crippen LogP) is 1.61. The second-order valence-electron chi connectivity index (χ2n) is 5.11. The van der Waals surface area contributed by atoms with Gasteiger partial charge in [-0.2, -0.15) is 0 Å². The van der Waals surface area contributed by atoms with E-state index < -0.39 is 9.84 Å². The van der Waals surface area contributed by atoms with Gasteiger partial charge in [0.25, 0.3) is 0 Å². The van der Waals surface area contributed by atoms with Crippen molar-refractivity contribution in [2.75, 3.05) is 26.0 Å². The molecule has 1 fully saturated rings. The van der Waals surface area contributed by atoms with Crippen molar-refractivity contribution in [2.45, 2.75) is 30.2 Å². The molecule has 0 spiro atoms. The molecule has 5 heteroatoms. The molecule has 1 aliphatic heterocycles. The molecule has 1 aromatic carbocycles. The van der Waals surface area contributed by atoms with Crippen molar-refractivity contribution >= 4 is 9.84 Å². The maximum Gasteiger partial charge on any atom is 0.175 e. The summed E-state index contributed by atoms with van der Waals surface area (Å²) in [7, 11) is -3.14. The van der Waals surface area contributed by atoms with Crippen molar-refractivity contribution in [3.63, 3.8) is 0 Å². The topological polar surface area (TPSA) is 57.6 Å². The van der Waals surface area contributed by atoms with Gasteiger partial charge in [0.2, 0.25) is 0 Å². The summed E-state index contributed by atoms with van der Waals surface area (Å²) in [5.41, 5.74) is 1.09. The molecule has 4 nitrogen and oxygen atoms in total. The Bertz CT molecular complexity index is 504. The first-order chi connectivity index (χ1) is 9.02. The monoisotopic (exact) mass is 283 g/mol. The van der Waals surface area contributed by atoms with Gasteiger partial charge in [-0.3, -0.25) is 4.90 Å². The molecule has 0 saturated carbocycles. The molecule has 1 unspecified atom stereocenters. The van der Waals surface area contributed by atoms with Crippen LogP contribution in [-0.2, 0) is 9.84 Å². The van der Waals surface area contributed by atoms with Gasteiger partial charge in [-0.1, -0.05) is 12.1 Å². The van der Waals surface area contributed by atoms with Crippen molar-refractivity contribution in [1.82, 2.24) is 4.90 Å². The van der Waals surface area contributed by atoms with Crippen LogP contribution >= 0.6 is 0 Å². The molecule has 0 bridgehead atoms. The van der Waals surface area contributed by atoms with E-state index in [1.807, 2.05) is 12.1 Å².